The molecule has 0 bridgehead atoms. The van der Waals surface area contributed by atoms with Crippen molar-refractivity contribution in [1.82, 2.24) is 14.9 Å². The standard InChI is InChI=1S/C24H26N4O2/c1-16-5-4-7-19(26-16)9-10-22(29)28-13-11-17(12-14-28)23-20(24(25)30)15-18-6-2-3-8-21(18)27-23/h2-8,15,17H,9-14H2,1H3,(H2,25,30). The zero-order chi connectivity index (χ0) is 21.1. The van der Waals surface area contributed by atoms with Crippen LogP contribution in [-0.2, 0) is 11.2 Å². The number of piperidine rings is 1. The van der Waals surface area contributed by atoms with Crippen LogP contribution >= 0.6 is 0 Å². The van der Waals surface area contributed by atoms with Crippen LogP contribution < -0.4 is 5.73 Å². The summed E-state index contributed by atoms with van der Waals surface area (Å²) >= 11 is 0. The van der Waals surface area contributed by atoms with Crippen LogP contribution in [0.5, 0.6) is 0 Å². The van der Waals surface area contributed by atoms with E-state index in [0.29, 0.717) is 31.5 Å². The Kier molecular flexibility index (Phi) is 5.74. The first-order valence-corrected chi connectivity index (χ1v) is 10.4. The van der Waals surface area contributed by atoms with Crippen LogP contribution in [0, 0.1) is 6.92 Å². The zero-order valence-corrected chi connectivity index (χ0v) is 17.2. The van der Waals surface area contributed by atoms with Crippen molar-refractivity contribution in [3.05, 3.63) is 71.2 Å². The Morgan fingerprint density at radius 2 is 1.83 bits per heavy atom. The Morgan fingerprint density at radius 3 is 2.57 bits per heavy atom. The van der Waals surface area contributed by atoms with Crippen LogP contribution in [0.15, 0.2) is 48.5 Å². The first-order chi connectivity index (χ1) is 14.5. The second kappa shape index (κ2) is 8.61. The van der Waals surface area contributed by atoms with E-state index in [1.54, 1.807) is 0 Å². The van der Waals surface area contributed by atoms with Gasteiger partial charge in [0.25, 0.3) is 5.91 Å². The average Bonchev–Trinajstić information content (AvgIpc) is 2.76. The van der Waals surface area contributed by atoms with Crippen LogP contribution in [0.1, 0.15) is 52.6 Å². The van der Waals surface area contributed by atoms with Crippen LogP contribution in [0.2, 0.25) is 0 Å². The molecule has 1 aromatic carbocycles. The molecule has 6 nitrogen and oxygen atoms in total. The number of nitrogens with zero attached hydrogens (tertiary/aromatic N) is 3. The number of aromatic nitrogens is 2. The van der Waals surface area contributed by atoms with E-state index in [0.717, 1.165) is 40.8 Å². The topological polar surface area (TPSA) is 89.2 Å². The molecule has 154 valence electrons. The highest BCUT2D eigenvalue weighted by atomic mass is 16.2. The van der Waals surface area contributed by atoms with Gasteiger partial charge in [0.05, 0.1) is 16.8 Å². The van der Waals surface area contributed by atoms with Crippen molar-refractivity contribution in [3.63, 3.8) is 0 Å². The number of benzene rings is 1. The summed E-state index contributed by atoms with van der Waals surface area (Å²) in [6.45, 7) is 3.28. The van der Waals surface area contributed by atoms with E-state index in [9.17, 15) is 9.59 Å². The molecule has 6 heteroatoms. The fraction of sp³-hybridized carbons (Fsp3) is 0.333. The van der Waals surface area contributed by atoms with Gasteiger partial charge in [0.1, 0.15) is 0 Å². The van der Waals surface area contributed by atoms with Crippen LogP contribution in [-0.4, -0.2) is 39.8 Å². The van der Waals surface area contributed by atoms with Gasteiger partial charge in [0.15, 0.2) is 0 Å². The van der Waals surface area contributed by atoms with Gasteiger partial charge in [-0.25, -0.2) is 0 Å². The number of pyridine rings is 2. The molecule has 0 saturated carbocycles. The smallest absolute Gasteiger partial charge is 0.250 e. The molecule has 0 aliphatic carbocycles. The molecule has 1 fully saturated rings. The van der Waals surface area contributed by atoms with Gasteiger partial charge in [-0.1, -0.05) is 24.3 Å². The van der Waals surface area contributed by atoms with Crippen LogP contribution in [0.3, 0.4) is 0 Å². The van der Waals surface area contributed by atoms with Crippen molar-refractivity contribution in [2.75, 3.05) is 13.1 Å². The Bertz CT molecular complexity index is 1090. The number of likely N-dealkylation sites (tertiary alicyclic amines) is 1. The summed E-state index contributed by atoms with van der Waals surface area (Å²) in [6, 6.07) is 15.5. The summed E-state index contributed by atoms with van der Waals surface area (Å²) in [5.41, 5.74) is 9.67. The normalized spacial score (nSPS) is 14.8. The summed E-state index contributed by atoms with van der Waals surface area (Å²) in [5, 5.41) is 0.910. The van der Waals surface area contributed by atoms with Gasteiger partial charge in [-0.3, -0.25) is 19.6 Å². The molecular formula is C24H26N4O2. The summed E-state index contributed by atoms with van der Waals surface area (Å²) in [5.74, 6) is -0.176. The average molecular weight is 402 g/mol. The van der Waals surface area contributed by atoms with Crippen molar-refractivity contribution in [2.45, 2.75) is 38.5 Å². The highest BCUT2D eigenvalue weighted by Gasteiger charge is 2.27. The number of amides is 2. The maximum Gasteiger partial charge on any atom is 0.250 e. The van der Waals surface area contributed by atoms with Crippen molar-refractivity contribution in [3.8, 4) is 0 Å². The van der Waals surface area contributed by atoms with Crippen molar-refractivity contribution < 1.29 is 9.59 Å². The Morgan fingerprint density at radius 1 is 1.07 bits per heavy atom. The van der Waals surface area contributed by atoms with Gasteiger partial charge < -0.3 is 10.6 Å². The molecule has 1 aliphatic rings. The van der Waals surface area contributed by atoms with Gasteiger partial charge in [0.2, 0.25) is 5.91 Å². The van der Waals surface area contributed by atoms with Gasteiger partial charge in [0, 0.05) is 42.2 Å². The quantitative estimate of drug-likeness (QED) is 0.708. The third-order valence-corrected chi connectivity index (χ3v) is 5.79. The second-order valence-corrected chi connectivity index (χ2v) is 7.90. The SMILES string of the molecule is Cc1cccc(CCC(=O)N2CCC(c3nc4ccccc4cc3C(N)=O)CC2)n1. The molecule has 2 aromatic heterocycles. The van der Waals surface area contributed by atoms with Gasteiger partial charge in [-0.15, -0.1) is 0 Å². The maximum absolute atomic E-state index is 12.7. The summed E-state index contributed by atoms with van der Waals surface area (Å²) in [4.78, 5) is 35.8. The minimum Gasteiger partial charge on any atom is -0.366 e. The predicted octanol–water partition coefficient (Wildman–Crippen LogP) is 3.38. The van der Waals surface area contributed by atoms with E-state index < -0.39 is 5.91 Å². The third-order valence-electron chi connectivity index (χ3n) is 5.79. The van der Waals surface area contributed by atoms with Gasteiger partial charge in [-0.05, 0) is 50.5 Å². The first-order valence-electron chi connectivity index (χ1n) is 10.4. The minimum atomic E-state index is -0.451. The number of hydrogen-bond acceptors (Lipinski definition) is 4. The van der Waals surface area contributed by atoms with E-state index in [1.807, 2.05) is 60.4 Å². The zero-order valence-electron chi connectivity index (χ0n) is 17.2. The minimum absolute atomic E-state index is 0.125. The lowest BCUT2D eigenvalue weighted by atomic mass is 9.89. The molecule has 0 spiro atoms. The Labute approximate surface area is 176 Å². The van der Waals surface area contributed by atoms with Gasteiger partial charge >= 0.3 is 0 Å². The van der Waals surface area contributed by atoms with E-state index in [1.165, 1.54) is 0 Å². The van der Waals surface area contributed by atoms with E-state index in [2.05, 4.69) is 4.98 Å². The highest BCUT2D eigenvalue weighted by molar-refractivity contribution is 5.97. The number of nitrogens with two attached hydrogens (primary N) is 1. The number of carbonyl (C=O) groups is 2. The number of carbonyl (C=O) groups excluding carboxylic acids is 2. The van der Waals surface area contributed by atoms with Gasteiger partial charge in [-0.2, -0.15) is 0 Å². The number of aryl methyl sites for hydroxylation is 2. The molecule has 2 N–H and O–H groups in total. The third kappa shape index (κ3) is 4.32. The molecule has 1 aliphatic heterocycles. The summed E-state index contributed by atoms with van der Waals surface area (Å²) in [6.07, 6.45) is 2.67. The number of primary amides is 1. The highest BCUT2D eigenvalue weighted by Crippen LogP contribution is 2.31. The second-order valence-electron chi connectivity index (χ2n) is 7.90. The monoisotopic (exact) mass is 402 g/mol. The molecule has 0 atom stereocenters. The number of rotatable bonds is 5. The van der Waals surface area contributed by atoms with Crippen LogP contribution in [0.4, 0.5) is 0 Å². The Hall–Kier alpha value is -3.28. The molecule has 2 amide bonds. The molecule has 3 heterocycles. The predicted molar refractivity (Wildman–Crippen MR) is 116 cm³/mol. The van der Waals surface area contributed by atoms with E-state index in [-0.39, 0.29) is 11.8 Å². The molecule has 0 radical (unpaired) electrons. The molecule has 3 aromatic rings. The number of para-hydroxylation sites is 1. The molecular weight excluding hydrogens is 376 g/mol. The molecule has 30 heavy (non-hydrogen) atoms. The van der Waals surface area contributed by atoms with Crippen molar-refractivity contribution in [1.29, 1.82) is 0 Å². The molecule has 0 unspecified atom stereocenters. The largest absolute Gasteiger partial charge is 0.366 e. The lowest BCUT2D eigenvalue weighted by Crippen LogP contribution is -2.38. The van der Waals surface area contributed by atoms with Crippen LogP contribution in [0.25, 0.3) is 10.9 Å². The fourth-order valence-corrected chi connectivity index (χ4v) is 4.17. The van der Waals surface area contributed by atoms with E-state index in [4.69, 9.17) is 10.7 Å². The maximum atomic E-state index is 12.7. The van der Waals surface area contributed by atoms with E-state index >= 15 is 0 Å². The first kappa shape index (κ1) is 20.0. The molecule has 1 saturated heterocycles. The lowest BCUT2D eigenvalue weighted by molar-refractivity contribution is -0.132. The Balaban J connectivity index is 1.42. The number of hydrogen-bond donors (Lipinski definition) is 1. The van der Waals surface area contributed by atoms with Crippen molar-refractivity contribution >= 4 is 22.7 Å². The summed E-state index contributed by atoms with van der Waals surface area (Å²) in [7, 11) is 0. The summed E-state index contributed by atoms with van der Waals surface area (Å²) < 4.78 is 0. The lowest BCUT2D eigenvalue weighted by Gasteiger charge is -2.32. The van der Waals surface area contributed by atoms with Crippen molar-refractivity contribution in [2.24, 2.45) is 5.73 Å². The fourth-order valence-electron chi connectivity index (χ4n) is 4.17. The number of fused-ring (bicyclic) bond motifs is 1. The molecule has 4 rings (SSSR count).